The van der Waals surface area contributed by atoms with Gasteiger partial charge in [0.25, 0.3) is 5.91 Å². The van der Waals surface area contributed by atoms with Crippen molar-refractivity contribution in [2.24, 2.45) is 5.92 Å². The molecule has 0 aliphatic carbocycles. The second-order valence-electron chi connectivity index (χ2n) is 6.35. The van der Waals surface area contributed by atoms with E-state index in [9.17, 15) is 19.5 Å². The molecule has 0 fully saturated rings. The SMILES string of the molecule is CCOC(=O)C(CC#Cc1cccc2c1C(=Cc1[nH]ccc1OC)C(=O)N2)C(=O)O. The summed E-state index contributed by atoms with van der Waals surface area (Å²) >= 11 is 0. The number of nitrogens with one attached hydrogen (secondary N) is 2. The second kappa shape index (κ2) is 9.01. The number of ether oxygens (including phenoxy) is 2. The molecular weight excluding hydrogens is 388 g/mol. The fraction of sp³-hybridized carbons (Fsp3) is 0.227. The smallest absolute Gasteiger partial charge is 0.321 e. The number of carboxylic acid groups (broad SMARTS) is 1. The van der Waals surface area contributed by atoms with Crippen LogP contribution in [0.15, 0.2) is 30.5 Å². The van der Waals surface area contributed by atoms with E-state index < -0.39 is 17.9 Å². The van der Waals surface area contributed by atoms with Gasteiger partial charge in [0.15, 0.2) is 5.92 Å². The summed E-state index contributed by atoms with van der Waals surface area (Å²) in [6, 6.07) is 6.96. The molecule has 0 spiro atoms. The van der Waals surface area contributed by atoms with Gasteiger partial charge in [-0.3, -0.25) is 14.4 Å². The van der Waals surface area contributed by atoms with E-state index in [0.29, 0.717) is 33.8 Å². The summed E-state index contributed by atoms with van der Waals surface area (Å²) in [5.74, 6) is 2.44. The number of H-pyrrole nitrogens is 1. The van der Waals surface area contributed by atoms with E-state index in [2.05, 4.69) is 22.1 Å². The molecular formula is C22H20N2O6. The van der Waals surface area contributed by atoms with E-state index in [1.165, 1.54) is 7.11 Å². The predicted octanol–water partition coefficient (Wildman–Crippen LogP) is 2.52. The van der Waals surface area contributed by atoms with Gasteiger partial charge >= 0.3 is 11.9 Å². The fourth-order valence-corrected chi connectivity index (χ4v) is 3.06. The number of fused-ring (bicyclic) bond motifs is 1. The molecule has 2 aromatic rings. The maximum absolute atomic E-state index is 12.5. The number of hydrogen-bond acceptors (Lipinski definition) is 5. The van der Waals surface area contributed by atoms with Gasteiger partial charge in [0.05, 0.1) is 30.7 Å². The molecule has 0 radical (unpaired) electrons. The minimum atomic E-state index is -1.37. The van der Waals surface area contributed by atoms with Crippen LogP contribution >= 0.6 is 0 Å². The molecule has 1 aromatic heterocycles. The lowest BCUT2D eigenvalue weighted by molar-refractivity contribution is -0.158. The number of carboxylic acids is 1. The third-order valence-electron chi connectivity index (χ3n) is 4.47. The normalized spacial score (nSPS) is 14.3. The predicted molar refractivity (Wildman–Crippen MR) is 110 cm³/mol. The average molecular weight is 408 g/mol. The summed E-state index contributed by atoms with van der Waals surface area (Å²) in [5.41, 5.74) is 2.77. The Bertz CT molecular complexity index is 1090. The topological polar surface area (TPSA) is 118 Å². The molecule has 1 amide bonds. The average Bonchev–Trinajstić information content (AvgIpc) is 3.29. The van der Waals surface area contributed by atoms with Gasteiger partial charge in [0, 0.05) is 23.7 Å². The van der Waals surface area contributed by atoms with Crippen molar-refractivity contribution in [2.75, 3.05) is 19.0 Å². The van der Waals surface area contributed by atoms with Gasteiger partial charge in [0.1, 0.15) is 5.75 Å². The number of aromatic nitrogens is 1. The van der Waals surface area contributed by atoms with Crippen LogP contribution < -0.4 is 10.1 Å². The first-order chi connectivity index (χ1) is 14.5. The number of carbonyl (C=O) groups excluding carboxylic acids is 2. The number of amides is 1. The van der Waals surface area contributed by atoms with Crippen LogP contribution in [-0.4, -0.2) is 41.7 Å². The molecule has 1 aliphatic heterocycles. The third kappa shape index (κ3) is 4.20. The lowest BCUT2D eigenvalue weighted by Crippen LogP contribution is -2.25. The number of benzene rings is 1. The maximum Gasteiger partial charge on any atom is 0.321 e. The molecule has 3 N–H and O–H groups in total. The van der Waals surface area contributed by atoms with Crippen molar-refractivity contribution >= 4 is 35.2 Å². The molecule has 8 heteroatoms. The van der Waals surface area contributed by atoms with Gasteiger partial charge in [-0.15, -0.1) is 0 Å². The third-order valence-corrected chi connectivity index (χ3v) is 4.47. The van der Waals surface area contributed by atoms with Crippen molar-refractivity contribution in [2.45, 2.75) is 13.3 Å². The number of aromatic amines is 1. The number of esters is 1. The minimum absolute atomic E-state index is 0.0897. The molecule has 1 aliphatic rings. The van der Waals surface area contributed by atoms with Crippen molar-refractivity contribution in [1.29, 1.82) is 0 Å². The number of anilines is 1. The van der Waals surface area contributed by atoms with Crippen LogP contribution in [0, 0.1) is 17.8 Å². The summed E-state index contributed by atoms with van der Waals surface area (Å²) in [6.07, 6.45) is 3.17. The van der Waals surface area contributed by atoms with Crippen LogP contribution in [0.1, 0.15) is 30.2 Å². The highest BCUT2D eigenvalue weighted by Gasteiger charge is 2.28. The molecule has 0 bridgehead atoms. The molecule has 3 rings (SSSR count). The Morgan fingerprint density at radius 2 is 2.10 bits per heavy atom. The second-order valence-corrected chi connectivity index (χ2v) is 6.35. The Kier molecular flexibility index (Phi) is 6.23. The van der Waals surface area contributed by atoms with Gasteiger partial charge in [-0.1, -0.05) is 17.9 Å². The Balaban J connectivity index is 1.95. The van der Waals surface area contributed by atoms with E-state index >= 15 is 0 Å². The van der Waals surface area contributed by atoms with E-state index in [1.54, 1.807) is 43.5 Å². The Labute approximate surface area is 172 Å². The lowest BCUT2D eigenvalue weighted by Gasteiger charge is -2.07. The van der Waals surface area contributed by atoms with Crippen LogP contribution in [0.2, 0.25) is 0 Å². The largest absolute Gasteiger partial charge is 0.495 e. The highest BCUT2D eigenvalue weighted by molar-refractivity contribution is 6.35. The Morgan fingerprint density at radius 1 is 1.30 bits per heavy atom. The molecule has 1 atom stereocenters. The van der Waals surface area contributed by atoms with Gasteiger partial charge in [-0.25, -0.2) is 0 Å². The van der Waals surface area contributed by atoms with E-state index in [4.69, 9.17) is 9.47 Å². The highest BCUT2D eigenvalue weighted by atomic mass is 16.5. The van der Waals surface area contributed by atoms with Crippen LogP contribution in [-0.2, 0) is 19.1 Å². The number of hydrogen-bond donors (Lipinski definition) is 3. The molecule has 1 aromatic carbocycles. The molecule has 0 saturated heterocycles. The van der Waals surface area contributed by atoms with Crippen molar-refractivity contribution in [3.8, 4) is 17.6 Å². The zero-order valence-electron chi connectivity index (χ0n) is 16.4. The molecule has 30 heavy (non-hydrogen) atoms. The number of carbonyl (C=O) groups is 3. The van der Waals surface area contributed by atoms with Crippen molar-refractivity contribution in [1.82, 2.24) is 4.98 Å². The van der Waals surface area contributed by atoms with Crippen LogP contribution in [0.3, 0.4) is 0 Å². The highest BCUT2D eigenvalue weighted by Crippen LogP contribution is 2.36. The zero-order chi connectivity index (χ0) is 21.7. The van der Waals surface area contributed by atoms with E-state index in [-0.39, 0.29) is 18.9 Å². The quantitative estimate of drug-likeness (QED) is 0.293. The fourth-order valence-electron chi connectivity index (χ4n) is 3.06. The van der Waals surface area contributed by atoms with Gasteiger partial charge in [0.2, 0.25) is 0 Å². The number of aliphatic carboxylic acids is 1. The molecule has 2 heterocycles. The summed E-state index contributed by atoms with van der Waals surface area (Å²) < 4.78 is 10.1. The first kappa shape index (κ1) is 20.7. The van der Waals surface area contributed by atoms with Gasteiger partial charge < -0.3 is 24.9 Å². The molecule has 154 valence electrons. The maximum atomic E-state index is 12.5. The van der Waals surface area contributed by atoms with Gasteiger partial charge in [-0.2, -0.15) is 0 Å². The standard InChI is InChI=1S/C22H20N2O6/c1-3-30-22(28)14(21(26)27)8-4-6-13-7-5-9-16-19(13)15(20(25)24-16)12-17-18(29-2)10-11-23-17/h5,7,9-12,14,23H,3,8H2,1-2H3,(H,24,25)(H,26,27). The molecule has 8 nitrogen and oxygen atoms in total. The minimum Gasteiger partial charge on any atom is -0.495 e. The zero-order valence-corrected chi connectivity index (χ0v) is 16.4. The van der Waals surface area contributed by atoms with E-state index in [1.807, 2.05) is 0 Å². The summed E-state index contributed by atoms with van der Waals surface area (Å²) in [4.78, 5) is 38.7. The number of methoxy groups -OCH3 is 1. The summed E-state index contributed by atoms with van der Waals surface area (Å²) in [6.45, 7) is 1.69. The van der Waals surface area contributed by atoms with Crippen LogP contribution in [0.5, 0.6) is 5.75 Å². The first-order valence-corrected chi connectivity index (χ1v) is 9.22. The van der Waals surface area contributed by atoms with Crippen molar-refractivity contribution in [3.63, 3.8) is 0 Å². The first-order valence-electron chi connectivity index (χ1n) is 9.22. The monoisotopic (exact) mass is 408 g/mol. The van der Waals surface area contributed by atoms with Crippen LogP contribution in [0.25, 0.3) is 11.6 Å². The van der Waals surface area contributed by atoms with Crippen molar-refractivity contribution in [3.05, 3.63) is 47.3 Å². The summed E-state index contributed by atoms with van der Waals surface area (Å²) in [5, 5.41) is 12.0. The summed E-state index contributed by atoms with van der Waals surface area (Å²) in [7, 11) is 1.53. The molecule has 1 unspecified atom stereocenters. The van der Waals surface area contributed by atoms with E-state index in [0.717, 1.165) is 0 Å². The van der Waals surface area contributed by atoms with Gasteiger partial charge in [-0.05, 0) is 31.2 Å². The van der Waals surface area contributed by atoms with Crippen molar-refractivity contribution < 1.29 is 29.0 Å². The van der Waals surface area contributed by atoms with Crippen LogP contribution in [0.4, 0.5) is 5.69 Å². The molecule has 0 saturated carbocycles. The lowest BCUT2D eigenvalue weighted by atomic mass is 9.99. The Hall–Kier alpha value is -3.99. The Morgan fingerprint density at radius 3 is 2.80 bits per heavy atom. The number of rotatable bonds is 6.